The topological polar surface area (TPSA) is 12.9 Å². The van der Waals surface area contributed by atoms with Gasteiger partial charge in [-0.2, -0.15) is 0 Å². The molecule has 0 aliphatic heterocycles. The highest BCUT2D eigenvalue weighted by atomic mass is 14.7. The quantitative estimate of drug-likeness (QED) is 0.225. The Bertz CT molecular complexity index is 1880. The summed E-state index contributed by atoms with van der Waals surface area (Å²) in [5.74, 6) is 0. The maximum atomic E-state index is 5.01. The van der Waals surface area contributed by atoms with E-state index in [9.17, 15) is 0 Å². The standard InChI is InChI=1S/C35H21N/c1-2-11-22-21(10-1)20-27-32(22)34-26(15-9-19-36-34)31-25-14-5-8-18-30(25)35(33(27)31)28-16-6-3-12-23(28)24-13-4-7-17-29(24)35/h1-19H,20H2. The molecule has 0 N–H and O–H groups in total. The summed E-state index contributed by atoms with van der Waals surface area (Å²) in [5.41, 5.74) is 17.4. The molecule has 9 rings (SSSR count). The number of hydrogen-bond acceptors (Lipinski definition) is 1. The van der Waals surface area contributed by atoms with Crippen LogP contribution in [0.4, 0.5) is 0 Å². The van der Waals surface area contributed by atoms with E-state index in [1.807, 2.05) is 6.20 Å². The van der Waals surface area contributed by atoms with Gasteiger partial charge in [-0.1, -0.05) is 103 Å². The van der Waals surface area contributed by atoms with Gasteiger partial charge in [0.25, 0.3) is 0 Å². The van der Waals surface area contributed by atoms with Gasteiger partial charge in [0.1, 0.15) is 0 Å². The molecule has 36 heavy (non-hydrogen) atoms. The zero-order chi connectivity index (χ0) is 23.4. The fraction of sp³-hybridized carbons (Fsp3) is 0.0571. The minimum atomic E-state index is -0.324. The van der Waals surface area contributed by atoms with Crippen LogP contribution in [0.15, 0.2) is 115 Å². The van der Waals surface area contributed by atoms with Crippen LogP contribution in [0.25, 0.3) is 44.3 Å². The van der Waals surface area contributed by atoms with E-state index < -0.39 is 0 Å². The van der Waals surface area contributed by atoms with E-state index in [1.165, 1.54) is 72.1 Å². The molecule has 1 heterocycles. The highest BCUT2D eigenvalue weighted by Crippen LogP contribution is 2.66. The molecule has 0 radical (unpaired) electrons. The first-order valence-electron chi connectivity index (χ1n) is 12.7. The van der Waals surface area contributed by atoms with Crippen LogP contribution >= 0.6 is 0 Å². The molecule has 1 aromatic heterocycles. The van der Waals surface area contributed by atoms with E-state index in [0.717, 1.165) is 11.9 Å². The summed E-state index contributed by atoms with van der Waals surface area (Å²) in [6.45, 7) is 0. The van der Waals surface area contributed by atoms with E-state index in [4.69, 9.17) is 4.98 Å². The Hall–Kier alpha value is -4.49. The van der Waals surface area contributed by atoms with E-state index in [2.05, 4.69) is 109 Å². The van der Waals surface area contributed by atoms with Gasteiger partial charge in [-0.05, 0) is 73.7 Å². The summed E-state index contributed by atoms with van der Waals surface area (Å²) in [4.78, 5) is 5.01. The van der Waals surface area contributed by atoms with Crippen molar-refractivity contribution in [2.24, 2.45) is 0 Å². The van der Waals surface area contributed by atoms with Gasteiger partial charge in [-0.3, -0.25) is 4.98 Å². The van der Waals surface area contributed by atoms with Crippen LogP contribution in [0, 0.1) is 0 Å². The summed E-state index contributed by atoms with van der Waals surface area (Å²) in [6, 6.07) is 40.5. The number of hydrogen-bond donors (Lipinski definition) is 0. The Labute approximate surface area is 209 Å². The van der Waals surface area contributed by atoms with Gasteiger partial charge in [-0.25, -0.2) is 0 Å². The van der Waals surface area contributed by atoms with Crippen molar-refractivity contribution in [2.45, 2.75) is 11.8 Å². The predicted molar refractivity (Wildman–Crippen MR) is 146 cm³/mol. The van der Waals surface area contributed by atoms with Crippen molar-refractivity contribution in [3.8, 4) is 33.4 Å². The lowest BCUT2D eigenvalue weighted by Crippen LogP contribution is -2.27. The van der Waals surface area contributed by atoms with Crippen molar-refractivity contribution in [3.63, 3.8) is 0 Å². The first-order chi connectivity index (χ1) is 17.9. The second-order valence-electron chi connectivity index (χ2n) is 10.2. The fourth-order valence-corrected chi connectivity index (χ4v) is 7.59. The Morgan fingerprint density at radius 2 is 1.11 bits per heavy atom. The number of aromatic nitrogens is 1. The zero-order valence-electron chi connectivity index (χ0n) is 19.6. The second kappa shape index (κ2) is 6.38. The molecular formula is C35H21N. The zero-order valence-corrected chi connectivity index (χ0v) is 19.6. The van der Waals surface area contributed by atoms with E-state index in [-0.39, 0.29) is 5.41 Å². The van der Waals surface area contributed by atoms with Crippen LogP contribution in [0.2, 0.25) is 0 Å². The Morgan fingerprint density at radius 3 is 1.83 bits per heavy atom. The normalized spacial score (nSPS) is 14.8. The number of pyridine rings is 1. The van der Waals surface area contributed by atoms with Gasteiger partial charge < -0.3 is 0 Å². The van der Waals surface area contributed by atoms with E-state index >= 15 is 0 Å². The van der Waals surface area contributed by atoms with Crippen molar-refractivity contribution < 1.29 is 0 Å². The lowest BCUT2D eigenvalue weighted by molar-refractivity contribution is 0.784. The molecule has 0 atom stereocenters. The SMILES string of the molecule is c1ccc2c(c1)Cc1c3c(c4cccnc4c1-2)-c1ccccc1C31c2ccccc2-c2ccccc21. The Morgan fingerprint density at radius 1 is 0.528 bits per heavy atom. The molecule has 0 bridgehead atoms. The molecule has 1 heteroatoms. The van der Waals surface area contributed by atoms with Crippen molar-refractivity contribution in [3.05, 3.63) is 149 Å². The summed E-state index contributed by atoms with van der Waals surface area (Å²) in [6.07, 6.45) is 2.90. The predicted octanol–water partition coefficient (Wildman–Crippen LogP) is 8.15. The number of nitrogens with zero attached hydrogens (tertiary/aromatic N) is 1. The molecule has 1 spiro atoms. The van der Waals surface area contributed by atoms with Gasteiger partial charge >= 0.3 is 0 Å². The molecule has 3 aliphatic carbocycles. The first-order valence-corrected chi connectivity index (χ1v) is 12.7. The first kappa shape index (κ1) is 18.8. The average molecular weight is 456 g/mol. The maximum Gasteiger partial charge on any atom is 0.0789 e. The third-order valence-corrected chi connectivity index (χ3v) is 8.75. The average Bonchev–Trinajstić information content (AvgIpc) is 3.58. The summed E-state index contributed by atoms with van der Waals surface area (Å²) in [7, 11) is 0. The van der Waals surface area contributed by atoms with Crippen LogP contribution < -0.4 is 0 Å². The molecule has 0 saturated carbocycles. The Kier molecular flexibility index (Phi) is 3.33. The van der Waals surface area contributed by atoms with Crippen molar-refractivity contribution in [1.29, 1.82) is 0 Å². The second-order valence-corrected chi connectivity index (χ2v) is 10.2. The molecule has 1 nitrogen and oxygen atoms in total. The smallest absolute Gasteiger partial charge is 0.0789 e. The highest BCUT2D eigenvalue weighted by molar-refractivity contribution is 6.12. The largest absolute Gasteiger partial charge is 0.256 e. The van der Waals surface area contributed by atoms with Crippen molar-refractivity contribution in [2.75, 3.05) is 0 Å². The van der Waals surface area contributed by atoms with Crippen LogP contribution in [0.1, 0.15) is 33.4 Å². The molecule has 166 valence electrons. The lowest BCUT2D eigenvalue weighted by Gasteiger charge is -2.32. The minimum Gasteiger partial charge on any atom is -0.256 e. The van der Waals surface area contributed by atoms with Gasteiger partial charge in [0, 0.05) is 17.1 Å². The molecule has 0 fully saturated rings. The number of benzene rings is 5. The summed E-state index contributed by atoms with van der Waals surface area (Å²) >= 11 is 0. The summed E-state index contributed by atoms with van der Waals surface area (Å²) in [5, 5.41) is 1.26. The fourth-order valence-electron chi connectivity index (χ4n) is 7.59. The van der Waals surface area contributed by atoms with Crippen LogP contribution in [-0.4, -0.2) is 4.98 Å². The minimum absolute atomic E-state index is 0.324. The number of fused-ring (bicyclic) bond motifs is 17. The lowest BCUT2D eigenvalue weighted by atomic mass is 9.68. The van der Waals surface area contributed by atoms with Crippen LogP contribution in [0.5, 0.6) is 0 Å². The van der Waals surface area contributed by atoms with E-state index in [0.29, 0.717) is 0 Å². The van der Waals surface area contributed by atoms with Crippen LogP contribution in [-0.2, 0) is 11.8 Å². The highest BCUT2D eigenvalue weighted by Gasteiger charge is 2.54. The third-order valence-electron chi connectivity index (χ3n) is 8.75. The molecule has 0 amide bonds. The maximum absolute atomic E-state index is 5.01. The summed E-state index contributed by atoms with van der Waals surface area (Å²) < 4.78 is 0. The molecule has 0 saturated heterocycles. The molecule has 0 unspecified atom stereocenters. The van der Waals surface area contributed by atoms with E-state index in [1.54, 1.807) is 0 Å². The van der Waals surface area contributed by atoms with Gasteiger partial charge in [-0.15, -0.1) is 0 Å². The Balaban J connectivity index is 1.57. The van der Waals surface area contributed by atoms with Gasteiger partial charge in [0.2, 0.25) is 0 Å². The third kappa shape index (κ3) is 1.96. The van der Waals surface area contributed by atoms with Crippen LogP contribution in [0.3, 0.4) is 0 Å². The monoisotopic (exact) mass is 455 g/mol. The number of rotatable bonds is 0. The molecule has 5 aromatic carbocycles. The molecule has 6 aromatic rings. The van der Waals surface area contributed by atoms with Crippen molar-refractivity contribution in [1.82, 2.24) is 4.98 Å². The molecule has 3 aliphatic rings. The van der Waals surface area contributed by atoms with Crippen molar-refractivity contribution >= 4 is 10.9 Å². The van der Waals surface area contributed by atoms with Gasteiger partial charge in [0.15, 0.2) is 0 Å². The van der Waals surface area contributed by atoms with Gasteiger partial charge in [0.05, 0.1) is 10.9 Å². The molecular weight excluding hydrogens is 434 g/mol.